The fraction of sp³-hybridized carbons (Fsp3) is 0. The summed E-state index contributed by atoms with van der Waals surface area (Å²) in [7, 11) is 0. The number of hydrogen-bond donors (Lipinski definition) is 2. The molecule has 0 aliphatic heterocycles. The van der Waals surface area contributed by atoms with Gasteiger partial charge in [0.25, 0.3) is 5.91 Å². The van der Waals surface area contributed by atoms with Gasteiger partial charge in [-0.3, -0.25) is 9.78 Å². The van der Waals surface area contributed by atoms with Gasteiger partial charge in [0.1, 0.15) is 11.5 Å². The lowest BCUT2D eigenvalue weighted by molar-refractivity contribution is 0.102. The summed E-state index contributed by atoms with van der Waals surface area (Å²) in [6.45, 7) is 0. The largest absolute Gasteiger partial charge is 0.457 e. The fourth-order valence-electron chi connectivity index (χ4n) is 2.53. The second-order valence-corrected chi connectivity index (χ2v) is 5.62. The Labute approximate surface area is 148 Å². The van der Waals surface area contributed by atoms with Crippen molar-refractivity contribution in [2.75, 3.05) is 5.32 Å². The number of carbonyl (C=O) groups excluding carboxylic acids is 1. The molecule has 3 aromatic carbocycles. The number of fused-ring (bicyclic) bond motifs is 1. The fourth-order valence-corrected chi connectivity index (χ4v) is 2.53. The van der Waals surface area contributed by atoms with Gasteiger partial charge in [-0.05, 0) is 54.6 Å². The summed E-state index contributed by atoms with van der Waals surface area (Å²) in [5, 5.41) is 2.79. The lowest BCUT2D eigenvalue weighted by Gasteiger charge is -2.08. The second kappa shape index (κ2) is 6.60. The van der Waals surface area contributed by atoms with E-state index in [-0.39, 0.29) is 5.91 Å². The number of anilines is 1. The molecule has 0 aliphatic rings. The molecule has 0 spiro atoms. The minimum atomic E-state index is -0.530. The van der Waals surface area contributed by atoms with Crippen molar-refractivity contribution in [3.63, 3.8) is 0 Å². The zero-order chi connectivity index (χ0) is 17.9. The van der Waals surface area contributed by atoms with Crippen molar-refractivity contribution in [2.24, 2.45) is 0 Å². The molecule has 0 saturated carbocycles. The topological polar surface area (TPSA) is 84.3 Å². The van der Waals surface area contributed by atoms with Gasteiger partial charge in [0.2, 0.25) is 0 Å². The second-order valence-electron chi connectivity index (χ2n) is 5.62. The molecule has 1 amide bonds. The lowest BCUT2D eigenvalue weighted by Crippen LogP contribution is -2.11. The Morgan fingerprint density at radius 1 is 0.923 bits per heavy atom. The van der Waals surface area contributed by atoms with Crippen LogP contribution in [0.5, 0.6) is 11.5 Å². The van der Waals surface area contributed by atoms with E-state index < -0.39 is 5.76 Å². The number of carbonyl (C=O) groups is 1. The SMILES string of the molecule is O=C(Nc1ccc2oc(=O)[nH]c2c1)c1ccc(Oc2ccccc2)cc1. The predicted molar refractivity (Wildman–Crippen MR) is 97.7 cm³/mol. The summed E-state index contributed by atoms with van der Waals surface area (Å²) < 4.78 is 10.6. The number of aromatic amines is 1. The highest BCUT2D eigenvalue weighted by Crippen LogP contribution is 2.22. The molecule has 0 radical (unpaired) electrons. The van der Waals surface area contributed by atoms with Crippen molar-refractivity contribution in [3.8, 4) is 11.5 Å². The zero-order valence-corrected chi connectivity index (χ0v) is 13.6. The molecule has 4 rings (SSSR count). The van der Waals surface area contributed by atoms with Crippen LogP contribution < -0.4 is 15.8 Å². The first-order chi connectivity index (χ1) is 12.7. The van der Waals surface area contributed by atoms with E-state index in [1.165, 1.54) is 0 Å². The molecule has 2 N–H and O–H groups in total. The first-order valence-corrected chi connectivity index (χ1v) is 7.94. The minimum absolute atomic E-state index is 0.263. The Morgan fingerprint density at radius 3 is 2.42 bits per heavy atom. The zero-order valence-electron chi connectivity index (χ0n) is 13.6. The molecule has 26 heavy (non-hydrogen) atoms. The summed E-state index contributed by atoms with van der Waals surface area (Å²) in [5.41, 5.74) is 2.02. The molecule has 0 bridgehead atoms. The molecule has 1 heterocycles. The summed E-state index contributed by atoms with van der Waals surface area (Å²) >= 11 is 0. The van der Waals surface area contributed by atoms with Gasteiger partial charge in [-0.1, -0.05) is 18.2 Å². The Morgan fingerprint density at radius 2 is 1.65 bits per heavy atom. The van der Waals surface area contributed by atoms with Crippen molar-refractivity contribution in [1.29, 1.82) is 0 Å². The van der Waals surface area contributed by atoms with Gasteiger partial charge in [0, 0.05) is 11.3 Å². The Balaban J connectivity index is 1.47. The molecule has 6 nitrogen and oxygen atoms in total. The van der Waals surface area contributed by atoms with Gasteiger partial charge in [-0.2, -0.15) is 0 Å². The van der Waals surface area contributed by atoms with E-state index in [9.17, 15) is 9.59 Å². The summed E-state index contributed by atoms with van der Waals surface area (Å²) in [6.07, 6.45) is 0. The van der Waals surface area contributed by atoms with Crippen LogP contribution in [0.3, 0.4) is 0 Å². The smallest absolute Gasteiger partial charge is 0.417 e. The lowest BCUT2D eigenvalue weighted by atomic mass is 10.2. The molecule has 6 heteroatoms. The molecule has 0 aliphatic carbocycles. The Hall–Kier alpha value is -3.80. The number of benzene rings is 3. The molecule has 128 valence electrons. The van der Waals surface area contributed by atoms with E-state index in [1.54, 1.807) is 42.5 Å². The molecule has 4 aromatic rings. The van der Waals surface area contributed by atoms with Crippen LogP contribution in [0.25, 0.3) is 11.1 Å². The normalized spacial score (nSPS) is 10.6. The third kappa shape index (κ3) is 3.34. The monoisotopic (exact) mass is 346 g/mol. The Bertz CT molecular complexity index is 1110. The molecule has 1 aromatic heterocycles. The summed E-state index contributed by atoms with van der Waals surface area (Å²) in [5.74, 6) is 0.580. The van der Waals surface area contributed by atoms with Gasteiger partial charge < -0.3 is 14.5 Å². The predicted octanol–water partition coefficient (Wildman–Crippen LogP) is 4.17. The summed E-state index contributed by atoms with van der Waals surface area (Å²) in [4.78, 5) is 26.1. The van der Waals surface area contributed by atoms with Crippen LogP contribution in [-0.2, 0) is 0 Å². The van der Waals surface area contributed by atoms with Crippen molar-refractivity contribution in [2.45, 2.75) is 0 Å². The molecule has 0 unspecified atom stereocenters. The number of para-hydroxylation sites is 1. The van der Waals surface area contributed by atoms with Gasteiger partial charge in [0.15, 0.2) is 5.58 Å². The standard InChI is InChI=1S/C20H14N2O4/c23-19(21-14-8-11-18-17(12-14)22-20(24)26-18)13-6-9-16(10-7-13)25-15-4-2-1-3-5-15/h1-12H,(H,21,23)(H,22,24). The maximum Gasteiger partial charge on any atom is 0.417 e. The van der Waals surface area contributed by atoms with Crippen LogP contribution in [0.4, 0.5) is 5.69 Å². The molecule has 0 atom stereocenters. The van der Waals surface area contributed by atoms with Crippen LogP contribution in [-0.4, -0.2) is 10.9 Å². The highest BCUT2D eigenvalue weighted by molar-refractivity contribution is 6.04. The maximum absolute atomic E-state index is 12.4. The number of aromatic nitrogens is 1. The number of oxazole rings is 1. The first-order valence-electron chi connectivity index (χ1n) is 7.94. The van der Waals surface area contributed by atoms with E-state index in [2.05, 4.69) is 10.3 Å². The average Bonchev–Trinajstić information content (AvgIpc) is 3.02. The number of ether oxygens (including phenoxy) is 1. The van der Waals surface area contributed by atoms with Crippen molar-refractivity contribution in [3.05, 3.63) is 88.9 Å². The van der Waals surface area contributed by atoms with E-state index in [0.717, 1.165) is 5.75 Å². The van der Waals surface area contributed by atoms with Crippen molar-refractivity contribution in [1.82, 2.24) is 4.98 Å². The number of H-pyrrole nitrogens is 1. The number of nitrogens with one attached hydrogen (secondary N) is 2. The molecule has 0 fully saturated rings. The van der Waals surface area contributed by atoms with E-state index >= 15 is 0 Å². The molecule has 0 saturated heterocycles. The average molecular weight is 346 g/mol. The van der Waals surface area contributed by atoms with Crippen molar-refractivity contribution < 1.29 is 13.9 Å². The van der Waals surface area contributed by atoms with Crippen LogP contribution in [0.15, 0.2) is 82.0 Å². The number of amides is 1. The molecular weight excluding hydrogens is 332 g/mol. The Kier molecular flexibility index (Phi) is 3.99. The third-order valence-corrected chi connectivity index (χ3v) is 3.77. The quantitative estimate of drug-likeness (QED) is 0.581. The molecular formula is C20H14N2O4. The van der Waals surface area contributed by atoms with Crippen LogP contribution in [0.1, 0.15) is 10.4 Å². The van der Waals surface area contributed by atoms with Gasteiger partial charge >= 0.3 is 5.76 Å². The number of rotatable bonds is 4. The van der Waals surface area contributed by atoms with Gasteiger partial charge in [-0.15, -0.1) is 0 Å². The first kappa shape index (κ1) is 15.7. The van der Waals surface area contributed by atoms with E-state index in [1.807, 2.05) is 30.3 Å². The van der Waals surface area contributed by atoms with Crippen LogP contribution in [0, 0.1) is 0 Å². The van der Waals surface area contributed by atoms with Gasteiger partial charge in [-0.25, -0.2) is 4.79 Å². The van der Waals surface area contributed by atoms with Crippen LogP contribution in [0.2, 0.25) is 0 Å². The van der Waals surface area contributed by atoms with Gasteiger partial charge in [0.05, 0.1) is 5.52 Å². The van der Waals surface area contributed by atoms with Crippen LogP contribution >= 0.6 is 0 Å². The highest BCUT2D eigenvalue weighted by atomic mass is 16.5. The van der Waals surface area contributed by atoms with E-state index in [4.69, 9.17) is 9.15 Å². The minimum Gasteiger partial charge on any atom is -0.457 e. The highest BCUT2D eigenvalue weighted by Gasteiger charge is 2.08. The van der Waals surface area contributed by atoms with E-state index in [0.29, 0.717) is 28.1 Å². The number of hydrogen-bond acceptors (Lipinski definition) is 4. The summed E-state index contributed by atoms with van der Waals surface area (Å²) in [6, 6.07) is 21.2. The third-order valence-electron chi connectivity index (χ3n) is 3.77. The maximum atomic E-state index is 12.4. The van der Waals surface area contributed by atoms with Crippen molar-refractivity contribution >= 4 is 22.7 Å².